The molecule has 138 valence electrons. The maximum atomic E-state index is 12.2. The van der Waals surface area contributed by atoms with E-state index >= 15 is 0 Å². The fourth-order valence-electron chi connectivity index (χ4n) is 2.80. The third-order valence-electron chi connectivity index (χ3n) is 4.21. The minimum atomic E-state index is -4.02. The minimum absolute atomic E-state index is 0.178. The summed E-state index contributed by atoms with van der Waals surface area (Å²) in [7, 11) is -4.02. The van der Waals surface area contributed by atoms with Crippen LogP contribution in [0.25, 0.3) is 0 Å². The number of fused-ring (bicyclic) bond motifs is 1. The summed E-state index contributed by atoms with van der Waals surface area (Å²) < 4.78 is 24.4. The summed E-state index contributed by atoms with van der Waals surface area (Å²) in [4.78, 5) is 25.7. The monoisotopic (exact) mass is 395 g/mol. The van der Waals surface area contributed by atoms with E-state index in [2.05, 4.69) is 12.3 Å². The Kier molecular flexibility index (Phi) is 5.08. The zero-order valence-electron chi connectivity index (χ0n) is 13.9. The summed E-state index contributed by atoms with van der Waals surface area (Å²) in [6, 6.07) is 6.20. The van der Waals surface area contributed by atoms with Gasteiger partial charge >= 0.3 is 0 Å². The molecule has 0 aliphatic heterocycles. The second-order valence-corrected chi connectivity index (χ2v) is 9.04. The second-order valence-electron chi connectivity index (χ2n) is 6.22. The zero-order chi connectivity index (χ0) is 18.9. The fraction of sp³-hybridized carbons (Fsp3) is 0.312. The lowest BCUT2D eigenvalue weighted by Crippen LogP contribution is -2.41. The number of nitrogens with one attached hydrogen (secondary N) is 2. The van der Waals surface area contributed by atoms with Crippen molar-refractivity contribution in [1.29, 1.82) is 0 Å². The molecule has 0 radical (unpaired) electrons. The van der Waals surface area contributed by atoms with Crippen molar-refractivity contribution in [3.63, 3.8) is 0 Å². The number of nitro groups is 1. The Morgan fingerprint density at radius 2 is 2.00 bits per heavy atom. The molecule has 2 N–H and O–H groups in total. The smallest absolute Gasteiger partial charge is 0.273 e. The molecule has 0 unspecified atom stereocenters. The van der Waals surface area contributed by atoms with Crippen molar-refractivity contribution >= 4 is 33.0 Å². The van der Waals surface area contributed by atoms with Crippen LogP contribution < -0.4 is 10.3 Å². The lowest BCUT2D eigenvalue weighted by atomic mass is 9.90. The van der Waals surface area contributed by atoms with Gasteiger partial charge in [-0.15, -0.1) is 16.2 Å². The number of carbonyl (C=O) groups excluding carboxylic acids is 1. The first kappa shape index (κ1) is 18.5. The molecular weight excluding hydrogens is 378 g/mol. The van der Waals surface area contributed by atoms with Gasteiger partial charge < -0.3 is 0 Å². The van der Waals surface area contributed by atoms with E-state index in [1.54, 1.807) is 0 Å². The Morgan fingerprint density at radius 1 is 1.31 bits per heavy atom. The highest BCUT2D eigenvalue weighted by Gasteiger charge is 2.22. The molecule has 1 aromatic heterocycles. The van der Waals surface area contributed by atoms with Gasteiger partial charge in [-0.1, -0.05) is 6.92 Å². The summed E-state index contributed by atoms with van der Waals surface area (Å²) in [6.07, 6.45) is 2.94. The van der Waals surface area contributed by atoms with Crippen molar-refractivity contribution in [3.05, 3.63) is 55.8 Å². The summed E-state index contributed by atoms with van der Waals surface area (Å²) in [5, 5.41) is 10.6. The Bertz CT molecular complexity index is 951. The van der Waals surface area contributed by atoms with Crippen LogP contribution in [0, 0.1) is 16.0 Å². The van der Waals surface area contributed by atoms with Gasteiger partial charge in [-0.2, -0.15) is 0 Å². The Hall–Kier alpha value is -2.30. The van der Waals surface area contributed by atoms with E-state index in [0.717, 1.165) is 49.1 Å². The molecule has 0 bridgehead atoms. The van der Waals surface area contributed by atoms with Gasteiger partial charge in [0.2, 0.25) is 0 Å². The highest BCUT2D eigenvalue weighted by Crippen LogP contribution is 2.32. The Balaban J connectivity index is 1.67. The number of hydrazine groups is 1. The van der Waals surface area contributed by atoms with Gasteiger partial charge in [-0.05, 0) is 48.9 Å². The number of sulfonamides is 1. The van der Waals surface area contributed by atoms with Crippen LogP contribution in [-0.4, -0.2) is 19.2 Å². The average Bonchev–Trinajstić information content (AvgIpc) is 3.03. The predicted octanol–water partition coefficient (Wildman–Crippen LogP) is 2.40. The number of nitro benzene ring substituents is 1. The molecular formula is C16H17N3O5S2. The molecule has 26 heavy (non-hydrogen) atoms. The number of hydrogen-bond donors (Lipinski definition) is 2. The van der Waals surface area contributed by atoms with Crippen LogP contribution in [0.15, 0.2) is 35.2 Å². The highest BCUT2D eigenvalue weighted by atomic mass is 32.2. The van der Waals surface area contributed by atoms with Crippen molar-refractivity contribution in [3.8, 4) is 0 Å². The van der Waals surface area contributed by atoms with Crippen molar-refractivity contribution in [2.24, 2.45) is 5.92 Å². The first-order valence-electron chi connectivity index (χ1n) is 7.94. The van der Waals surface area contributed by atoms with E-state index < -0.39 is 20.9 Å². The average molecular weight is 395 g/mol. The lowest BCUT2D eigenvalue weighted by molar-refractivity contribution is -0.384. The third kappa shape index (κ3) is 3.92. The summed E-state index contributed by atoms with van der Waals surface area (Å²) in [5.74, 6) is 0.0520. The number of amides is 1. The molecule has 0 fully saturated rings. The maximum absolute atomic E-state index is 12.2. The zero-order valence-corrected chi connectivity index (χ0v) is 15.5. The fourth-order valence-corrected chi connectivity index (χ4v) is 4.74. The lowest BCUT2D eigenvalue weighted by Gasteiger charge is -2.16. The van der Waals surface area contributed by atoms with Crippen LogP contribution in [-0.2, 0) is 22.9 Å². The number of benzene rings is 1. The topological polar surface area (TPSA) is 118 Å². The Morgan fingerprint density at radius 3 is 2.65 bits per heavy atom. The number of aryl methyl sites for hydroxylation is 1. The standard InChI is InChI=1S/C16H17N3O5S2/c1-10-2-7-14-11(8-10)9-15(25-14)16(20)17-18-26(23,24)13-5-3-12(4-6-13)19(21)22/h3-6,9-10,18H,2,7-8H2,1H3,(H,17,20)/t10-/m0/s1. The van der Waals surface area contributed by atoms with Crippen molar-refractivity contribution < 1.29 is 18.1 Å². The van der Waals surface area contributed by atoms with Crippen LogP contribution in [0.1, 0.15) is 33.5 Å². The number of hydrogen-bond acceptors (Lipinski definition) is 6. The van der Waals surface area contributed by atoms with E-state index in [0.29, 0.717) is 10.8 Å². The van der Waals surface area contributed by atoms with Gasteiger partial charge in [0, 0.05) is 17.0 Å². The maximum Gasteiger partial charge on any atom is 0.276 e. The molecule has 0 saturated carbocycles. The predicted molar refractivity (Wildman–Crippen MR) is 96.4 cm³/mol. The van der Waals surface area contributed by atoms with Gasteiger partial charge in [0.05, 0.1) is 14.7 Å². The number of carbonyl (C=O) groups is 1. The van der Waals surface area contributed by atoms with Gasteiger partial charge in [-0.25, -0.2) is 8.42 Å². The molecule has 1 aliphatic rings. The number of rotatable bonds is 5. The van der Waals surface area contributed by atoms with Gasteiger partial charge in [0.15, 0.2) is 0 Å². The van der Waals surface area contributed by atoms with Crippen LogP contribution in [0.2, 0.25) is 0 Å². The van der Waals surface area contributed by atoms with Crippen LogP contribution in [0.3, 0.4) is 0 Å². The molecule has 1 aromatic carbocycles. The molecule has 3 rings (SSSR count). The van der Waals surface area contributed by atoms with E-state index in [1.165, 1.54) is 16.2 Å². The number of non-ortho nitro benzene ring substituents is 1. The molecule has 1 aliphatic carbocycles. The molecule has 0 saturated heterocycles. The van der Waals surface area contributed by atoms with Crippen molar-refractivity contribution in [2.75, 3.05) is 0 Å². The molecule has 8 nitrogen and oxygen atoms in total. The third-order valence-corrected chi connectivity index (χ3v) is 6.71. The Labute approximate surface area is 154 Å². The normalized spacial score (nSPS) is 16.7. The molecule has 0 spiro atoms. The van der Waals surface area contributed by atoms with Crippen LogP contribution >= 0.6 is 11.3 Å². The molecule has 1 heterocycles. The number of nitrogens with zero attached hydrogens (tertiary/aromatic N) is 1. The summed E-state index contributed by atoms with van der Waals surface area (Å²) in [6.45, 7) is 2.17. The summed E-state index contributed by atoms with van der Waals surface area (Å²) in [5.41, 5.74) is 3.13. The molecule has 2 aromatic rings. The van der Waals surface area contributed by atoms with Gasteiger partial charge in [0.1, 0.15) is 0 Å². The van der Waals surface area contributed by atoms with Crippen LogP contribution in [0.5, 0.6) is 0 Å². The minimum Gasteiger partial charge on any atom is -0.273 e. The first-order valence-corrected chi connectivity index (χ1v) is 10.2. The SMILES string of the molecule is C[C@H]1CCc2sc(C(=O)NNS(=O)(=O)c3ccc([N+](=O)[O-])cc3)cc2C1. The number of thiophene rings is 1. The van der Waals surface area contributed by atoms with Gasteiger partial charge in [0.25, 0.3) is 21.6 Å². The highest BCUT2D eigenvalue weighted by molar-refractivity contribution is 7.89. The van der Waals surface area contributed by atoms with E-state index in [-0.39, 0.29) is 10.6 Å². The first-order chi connectivity index (χ1) is 12.3. The molecule has 1 amide bonds. The second kappa shape index (κ2) is 7.14. The van der Waals surface area contributed by atoms with Crippen LogP contribution in [0.4, 0.5) is 5.69 Å². The molecule has 1 atom stereocenters. The van der Waals surface area contributed by atoms with Crippen molar-refractivity contribution in [2.45, 2.75) is 31.1 Å². The van der Waals surface area contributed by atoms with Crippen molar-refractivity contribution in [1.82, 2.24) is 10.3 Å². The largest absolute Gasteiger partial charge is 0.276 e. The molecule has 10 heteroatoms. The van der Waals surface area contributed by atoms with E-state index in [1.807, 2.05) is 10.9 Å². The van der Waals surface area contributed by atoms with E-state index in [4.69, 9.17) is 0 Å². The quantitative estimate of drug-likeness (QED) is 0.595. The van der Waals surface area contributed by atoms with Gasteiger partial charge in [-0.3, -0.25) is 20.3 Å². The van der Waals surface area contributed by atoms with E-state index in [9.17, 15) is 23.3 Å². The summed E-state index contributed by atoms with van der Waals surface area (Å²) >= 11 is 1.38.